The zero-order chi connectivity index (χ0) is 26.0. The number of halogens is 1. The zero-order valence-electron chi connectivity index (χ0n) is 20.4. The lowest BCUT2D eigenvalue weighted by Gasteiger charge is -2.26. The Hall–Kier alpha value is -3.97. The van der Waals surface area contributed by atoms with Gasteiger partial charge in [-0.1, -0.05) is 29.8 Å². The number of rotatable bonds is 7. The lowest BCUT2D eigenvalue weighted by Crippen LogP contribution is -2.29. The average molecular weight is 508 g/mol. The molecule has 7 nitrogen and oxygen atoms in total. The molecule has 0 bridgehead atoms. The largest absolute Gasteiger partial charge is 0.507 e. The molecule has 1 amide bonds. The SMILES string of the molecule is CCOc1cc(C2/C(=C(\O)c3cc(Cl)ccc3OC)C(=O)C(=O)N2c2cccc(C)c2)ccc1OC. The van der Waals surface area contributed by atoms with E-state index in [0.29, 0.717) is 40.1 Å². The number of benzene rings is 3. The van der Waals surface area contributed by atoms with Crippen molar-refractivity contribution in [1.29, 1.82) is 0 Å². The van der Waals surface area contributed by atoms with E-state index >= 15 is 0 Å². The molecule has 1 N–H and O–H groups in total. The summed E-state index contributed by atoms with van der Waals surface area (Å²) in [6, 6.07) is 16.2. The molecule has 3 aromatic carbocycles. The fourth-order valence-corrected chi connectivity index (χ4v) is 4.51. The quantitative estimate of drug-likeness (QED) is 0.251. The summed E-state index contributed by atoms with van der Waals surface area (Å²) in [4.78, 5) is 28.3. The highest BCUT2D eigenvalue weighted by molar-refractivity contribution is 6.51. The summed E-state index contributed by atoms with van der Waals surface area (Å²) in [5, 5.41) is 11.8. The van der Waals surface area contributed by atoms with Gasteiger partial charge in [0.15, 0.2) is 11.5 Å². The lowest BCUT2D eigenvalue weighted by molar-refractivity contribution is -0.132. The van der Waals surface area contributed by atoms with E-state index in [1.54, 1.807) is 42.5 Å². The molecule has 186 valence electrons. The monoisotopic (exact) mass is 507 g/mol. The van der Waals surface area contributed by atoms with Crippen LogP contribution in [0.1, 0.15) is 29.7 Å². The second-order valence-electron chi connectivity index (χ2n) is 8.20. The zero-order valence-corrected chi connectivity index (χ0v) is 21.1. The lowest BCUT2D eigenvalue weighted by atomic mass is 9.94. The van der Waals surface area contributed by atoms with Gasteiger partial charge in [-0.2, -0.15) is 0 Å². The first-order chi connectivity index (χ1) is 17.3. The second-order valence-corrected chi connectivity index (χ2v) is 8.63. The van der Waals surface area contributed by atoms with Crippen LogP contribution in [-0.2, 0) is 9.59 Å². The molecule has 1 saturated heterocycles. The van der Waals surface area contributed by atoms with Crippen LogP contribution in [0.4, 0.5) is 5.69 Å². The normalized spacial score (nSPS) is 16.8. The summed E-state index contributed by atoms with van der Waals surface area (Å²) in [6.07, 6.45) is 0. The molecule has 1 fully saturated rings. The second kappa shape index (κ2) is 10.3. The minimum atomic E-state index is -0.944. The van der Waals surface area contributed by atoms with Crippen LogP contribution in [0, 0.1) is 6.92 Å². The van der Waals surface area contributed by atoms with Crippen LogP contribution in [-0.4, -0.2) is 37.6 Å². The van der Waals surface area contributed by atoms with E-state index in [1.165, 1.54) is 25.2 Å². The molecule has 0 aliphatic carbocycles. The van der Waals surface area contributed by atoms with Crippen molar-refractivity contribution in [2.45, 2.75) is 19.9 Å². The number of methoxy groups -OCH3 is 2. The number of aliphatic hydroxyl groups is 1. The van der Waals surface area contributed by atoms with Gasteiger partial charge in [-0.3, -0.25) is 14.5 Å². The standard InChI is InChI=1S/C28H26ClNO6/c1-5-36-23-14-17(9-11-22(23)35-4)25-24(26(31)20-15-18(29)10-12-21(20)34-3)27(32)28(33)30(25)19-8-6-7-16(2)13-19/h6-15,25,31H,5H2,1-4H3/b26-24+. The van der Waals surface area contributed by atoms with Crippen LogP contribution in [0.2, 0.25) is 5.02 Å². The average Bonchev–Trinajstić information content (AvgIpc) is 3.14. The van der Waals surface area contributed by atoms with E-state index < -0.39 is 17.7 Å². The Bertz CT molecular complexity index is 1370. The molecule has 1 aliphatic rings. The Balaban J connectivity index is 2.01. The molecule has 1 aliphatic heterocycles. The Kier molecular flexibility index (Phi) is 7.22. The molecule has 1 atom stereocenters. The first-order valence-corrected chi connectivity index (χ1v) is 11.7. The molecule has 0 spiro atoms. The highest BCUT2D eigenvalue weighted by Crippen LogP contribution is 2.45. The maximum atomic E-state index is 13.5. The number of carbonyl (C=O) groups excluding carboxylic acids is 2. The van der Waals surface area contributed by atoms with Crippen LogP contribution in [0.15, 0.2) is 66.2 Å². The van der Waals surface area contributed by atoms with Gasteiger partial charge < -0.3 is 19.3 Å². The van der Waals surface area contributed by atoms with E-state index in [2.05, 4.69) is 0 Å². The number of aryl methyl sites for hydroxylation is 1. The van der Waals surface area contributed by atoms with Crippen molar-refractivity contribution in [3.05, 3.63) is 87.9 Å². The summed E-state index contributed by atoms with van der Waals surface area (Å²) in [5.41, 5.74) is 2.11. The van der Waals surface area contributed by atoms with Gasteiger partial charge in [-0.15, -0.1) is 0 Å². The molecule has 3 aromatic rings. The van der Waals surface area contributed by atoms with E-state index in [0.717, 1.165) is 5.56 Å². The number of amides is 1. The number of aliphatic hydroxyl groups excluding tert-OH is 1. The van der Waals surface area contributed by atoms with E-state index in [-0.39, 0.29) is 16.9 Å². The third-order valence-electron chi connectivity index (χ3n) is 5.94. The highest BCUT2D eigenvalue weighted by Gasteiger charge is 2.47. The summed E-state index contributed by atoms with van der Waals surface area (Å²) in [7, 11) is 2.97. The summed E-state index contributed by atoms with van der Waals surface area (Å²) in [5.74, 6) is -0.710. The minimum Gasteiger partial charge on any atom is -0.507 e. The Morgan fingerprint density at radius 3 is 2.36 bits per heavy atom. The summed E-state index contributed by atoms with van der Waals surface area (Å²) in [6.45, 7) is 4.13. The van der Waals surface area contributed by atoms with Crippen molar-refractivity contribution in [3.8, 4) is 17.2 Å². The maximum Gasteiger partial charge on any atom is 0.300 e. The van der Waals surface area contributed by atoms with E-state index in [1.807, 2.05) is 26.0 Å². The van der Waals surface area contributed by atoms with Gasteiger partial charge in [0.05, 0.1) is 38.0 Å². The number of ketones is 1. The smallest absolute Gasteiger partial charge is 0.300 e. The Morgan fingerprint density at radius 2 is 1.69 bits per heavy atom. The Labute approximate surface area is 214 Å². The maximum absolute atomic E-state index is 13.5. The number of nitrogens with zero attached hydrogens (tertiary/aromatic N) is 1. The fourth-order valence-electron chi connectivity index (χ4n) is 4.33. The molecule has 0 saturated carbocycles. The number of carbonyl (C=O) groups is 2. The predicted molar refractivity (Wildman–Crippen MR) is 138 cm³/mol. The van der Waals surface area contributed by atoms with Gasteiger partial charge in [0.25, 0.3) is 11.7 Å². The van der Waals surface area contributed by atoms with E-state index in [9.17, 15) is 14.7 Å². The van der Waals surface area contributed by atoms with Crippen molar-refractivity contribution in [2.75, 3.05) is 25.7 Å². The molecular formula is C28H26ClNO6. The van der Waals surface area contributed by atoms with Gasteiger partial charge in [0.2, 0.25) is 0 Å². The molecule has 8 heteroatoms. The van der Waals surface area contributed by atoms with Crippen molar-refractivity contribution in [1.82, 2.24) is 0 Å². The molecule has 36 heavy (non-hydrogen) atoms. The molecule has 1 unspecified atom stereocenters. The number of hydrogen-bond acceptors (Lipinski definition) is 6. The number of hydrogen-bond donors (Lipinski definition) is 1. The first-order valence-electron chi connectivity index (χ1n) is 11.3. The minimum absolute atomic E-state index is 0.0883. The van der Waals surface area contributed by atoms with Crippen LogP contribution in [0.5, 0.6) is 17.2 Å². The van der Waals surface area contributed by atoms with Crippen LogP contribution < -0.4 is 19.1 Å². The Morgan fingerprint density at radius 1 is 0.972 bits per heavy atom. The van der Waals surface area contributed by atoms with Crippen molar-refractivity contribution < 1.29 is 28.9 Å². The van der Waals surface area contributed by atoms with Crippen LogP contribution in [0.25, 0.3) is 5.76 Å². The summed E-state index contributed by atoms with van der Waals surface area (Å²) < 4.78 is 16.5. The molecule has 1 heterocycles. The number of ether oxygens (including phenoxy) is 3. The molecule has 0 radical (unpaired) electrons. The highest BCUT2D eigenvalue weighted by atomic mass is 35.5. The topological polar surface area (TPSA) is 85.3 Å². The van der Waals surface area contributed by atoms with Gasteiger partial charge in [-0.25, -0.2) is 0 Å². The fraction of sp³-hybridized carbons (Fsp3) is 0.214. The third kappa shape index (κ3) is 4.50. The van der Waals surface area contributed by atoms with Crippen LogP contribution in [0.3, 0.4) is 0 Å². The number of anilines is 1. The van der Waals surface area contributed by atoms with E-state index in [4.69, 9.17) is 25.8 Å². The third-order valence-corrected chi connectivity index (χ3v) is 6.18. The summed E-state index contributed by atoms with van der Waals surface area (Å²) >= 11 is 6.19. The van der Waals surface area contributed by atoms with Gasteiger partial charge in [0, 0.05) is 10.7 Å². The van der Waals surface area contributed by atoms with Crippen molar-refractivity contribution >= 4 is 34.7 Å². The first kappa shape index (κ1) is 25.1. The molecule has 0 aromatic heterocycles. The molecule has 4 rings (SSSR count). The van der Waals surface area contributed by atoms with Crippen molar-refractivity contribution in [3.63, 3.8) is 0 Å². The van der Waals surface area contributed by atoms with Gasteiger partial charge >= 0.3 is 0 Å². The van der Waals surface area contributed by atoms with Gasteiger partial charge in [0.1, 0.15) is 11.5 Å². The van der Waals surface area contributed by atoms with Crippen molar-refractivity contribution in [2.24, 2.45) is 0 Å². The predicted octanol–water partition coefficient (Wildman–Crippen LogP) is 5.69. The molecular weight excluding hydrogens is 482 g/mol. The van der Waals surface area contributed by atoms with Gasteiger partial charge in [-0.05, 0) is 67.4 Å². The number of Topliss-reactive ketones (excluding diaryl/α,β-unsaturated/α-hetero) is 1. The van der Waals surface area contributed by atoms with Crippen LogP contribution >= 0.6 is 11.6 Å².